The number of nitro benzene ring substituents is 1. The maximum Gasteiger partial charge on any atom is 0.414 e. The Morgan fingerprint density at radius 1 is 1.03 bits per heavy atom. The first-order chi connectivity index (χ1) is 15.6. The van der Waals surface area contributed by atoms with Crippen LogP contribution in [-0.2, 0) is 16.1 Å². The first-order valence-electron chi connectivity index (χ1n) is 9.67. The third-order valence-electron chi connectivity index (χ3n) is 4.79. The zero-order valence-electron chi connectivity index (χ0n) is 17.6. The van der Waals surface area contributed by atoms with Crippen molar-refractivity contribution in [3.63, 3.8) is 0 Å². The van der Waals surface area contributed by atoms with Crippen LogP contribution in [0.5, 0.6) is 5.75 Å². The number of hydrogen-bond acceptors (Lipinski definition) is 7. The molecule has 1 aliphatic rings. The number of rotatable bonds is 5. The van der Waals surface area contributed by atoms with Crippen molar-refractivity contribution < 1.29 is 34.3 Å². The standard InChI is InChI=1S/C19H20BrN3O4.C2H2O4/c1-27-18-7-2-14(12-17(18)20)13-21-8-10-22(11-9-21)19(24)15-3-5-16(6-4-15)23(25)26;3-1(4)2(5)6/h2-7,12H,8-11,13H2,1H3;(H,3,4)(H,5,6). The van der Waals surface area contributed by atoms with Gasteiger partial charge in [-0.1, -0.05) is 6.07 Å². The third kappa shape index (κ3) is 7.54. The summed E-state index contributed by atoms with van der Waals surface area (Å²) in [5, 5.41) is 25.5. The molecule has 0 bridgehead atoms. The van der Waals surface area contributed by atoms with E-state index in [1.165, 1.54) is 29.8 Å². The van der Waals surface area contributed by atoms with Gasteiger partial charge in [0, 0.05) is 50.4 Å². The SMILES string of the molecule is COc1ccc(CN2CCN(C(=O)c3ccc([N+](=O)[O-])cc3)CC2)cc1Br.O=C(O)C(=O)O. The summed E-state index contributed by atoms with van der Waals surface area (Å²) in [6.07, 6.45) is 0. The summed E-state index contributed by atoms with van der Waals surface area (Å²) in [5.41, 5.74) is 1.65. The number of non-ortho nitro benzene ring substituents is 1. The Bertz CT molecular complexity index is 1010. The lowest BCUT2D eigenvalue weighted by molar-refractivity contribution is -0.384. The van der Waals surface area contributed by atoms with E-state index in [2.05, 4.69) is 20.8 Å². The molecule has 2 N–H and O–H groups in total. The molecule has 1 fully saturated rings. The van der Waals surface area contributed by atoms with Gasteiger partial charge in [0.2, 0.25) is 0 Å². The molecule has 0 radical (unpaired) electrons. The zero-order valence-corrected chi connectivity index (χ0v) is 19.2. The highest BCUT2D eigenvalue weighted by atomic mass is 79.9. The van der Waals surface area contributed by atoms with Crippen molar-refractivity contribution in [3.8, 4) is 5.75 Å². The summed E-state index contributed by atoms with van der Waals surface area (Å²) >= 11 is 3.50. The number of amides is 1. The Kier molecular flexibility index (Phi) is 9.30. The lowest BCUT2D eigenvalue weighted by Gasteiger charge is -2.34. The molecule has 1 heterocycles. The average Bonchev–Trinajstić information content (AvgIpc) is 2.79. The molecular formula is C21H22BrN3O8. The number of halogens is 1. The summed E-state index contributed by atoms with van der Waals surface area (Å²) < 4.78 is 6.18. The number of nitrogens with zero attached hydrogens (tertiary/aromatic N) is 3. The van der Waals surface area contributed by atoms with E-state index >= 15 is 0 Å². The normalized spacial score (nSPS) is 13.5. The van der Waals surface area contributed by atoms with Crippen LogP contribution in [0.3, 0.4) is 0 Å². The van der Waals surface area contributed by atoms with Crippen LogP contribution in [0.1, 0.15) is 15.9 Å². The van der Waals surface area contributed by atoms with Crippen LogP contribution in [0.15, 0.2) is 46.9 Å². The minimum Gasteiger partial charge on any atom is -0.496 e. The molecule has 12 heteroatoms. The third-order valence-corrected chi connectivity index (χ3v) is 5.41. The van der Waals surface area contributed by atoms with E-state index < -0.39 is 16.9 Å². The zero-order chi connectivity index (χ0) is 24.5. The average molecular weight is 524 g/mol. The molecule has 0 aliphatic carbocycles. The second kappa shape index (κ2) is 11.9. The molecule has 0 unspecified atom stereocenters. The predicted molar refractivity (Wildman–Crippen MR) is 120 cm³/mol. The van der Waals surface area contributed by atoms with Crippen LogP contribution < -0.4 is 4.74 Å². The van der Waals surface area contributed by atoms with Gasteiger partial charge < -0.3 is 19.8 Å². The summed E-state index contributed by atoms with van der Waals surface area (Å²) in [4.78, 5) is 45.1. The van der Waals surface area contributed by atoms with Crippen molar-refractivity contribution in [1.82, 2.24) is 9.80 Å². The van der Waals surface area contributed by atoms with Gasteiger partial charge in [-0.25, -0.2) is 9.59 Å². The lowest BCUT2D eigenvalue weighted by atomic mass is 10.1. The number of piperazine rings is 1. The van der Waals surface area contributed by atoms with Gasteiger partial charge in [0.25, 0.3) is 11.6 Å². The van der Waals surface area contributed by atoms with E-state index in [1.54, 1.807) is 12.0 Å². The van der Waals surface area contributed by atoms with E-state index in [9.17, 15) is 14.9 Å². The van der Waals surface area contributed by atoms with E-state index in [1.807, 2.05) is 18.2 Å². The Labute approximate surface area is 197 Å². The molecule has 176 valence electrons. The first kappa shape index (κ1) is 25.7. The maximum atomic E-state index is 12.6. The molecule has 1 amide bonds. The van der Waals surface area contributed by atoms with Crippen molar-refractivity contribution in [3.05, 3.63) is 68.2 Å². The number of hydrogen-bond donors (Lipinski definition) is 2. The van der Waals surface area contributed by atoms with Crippen molar-refractivity contribution in [1.29, 1.82) is 0 Å². The van der Waals surface area contributed by atoms with E-state index in [0.29, 0.717) is 18.7 Å². The van der Waals surface area contributed by atoms with Gasteiger partial charge in [0.05, 0.1) is 16.5 Å². The highest BCUT2D eigenvalue weighted by molar-refractivity contribution is 9.10. The topological polar surface area (TPSA) is 151 Å². The number of ether oxygens (including phenoxy) is 1. The second-order valence-corrected chi connectivity index (χ2v) is 7.81. The Morgan fingerprint density at radius 2 is 1.61 bits per heavy atom. The molecule has 1 saturated heterocycles. The largest absolute Gasteiger partial charge is 0.496 e. The molecule has 3 rings (SSSR count). The Morgan fingerprint density at radius 3 is 2.06 bits per heavy atom. The predicted octanol–water partition coefficient (Wildman–Crippen LogP) is 2.48. The highest BCUT2D eigenvalue weighted by Gasteiger charge is 2.22. The number of nitro groups is 1. The molecule has 0 saturated carbocycles. The van der Waals surface area contributed by atoms with Crippen LogP contribution in [-0.4, -0.2) is 76.1 Å². The number of carbonyl (C=O) groups is 3. The van der Waals surface area contributed by atoms with Crippen molar-refractivity contribution in [2.75, 3.05) is 33.3 Å². The number of methoxy groups -OCH3 is 1. The van der Waals surface area contributed by atoms with Crippen molar-refractivity contribution in [2.45, 2.75) is 6.54 Å². The van der Waals surface area contributed by atoms with Crippen LogP contribution in [0.2, 0.25) is 0 Å². The summed E-state index contributed by atoms with van der Waals surface area (Å²) in [5.74, 6) is -2.93. The molecule has 0 spiro atoms. The quantitative estimate of drug-likeness (QED) is 0.342. The molecule has 11 nitrogen and oxygen atoms in total. The molecule has 33 heavy (non-hydrogen) atoms. The maximum absolute atomic E-state index is 12.6. The summed E-state index contributed by atoms with van der Waals surface area (Å²) in [6, 6.07) is 11.8. The fourth-order valence-electron chi connectivity index (χ4n) is 3.08. The monoisotopic (exact) mass is 523 g/mol. The molecule has 1 aliphatic heterocycles. The van der Waals surface area contributed by atoms with Crippen LogP contribution in [0.4, 0.5) is 5.69 Å². The second-order valence-electron chi connectivity index (χ2n) is 6.95. The molecular weight excluding hydrogens is 502 g/mol. The molecule has 0 atom stereocenters. The summed E-state index contributed by atoms with van der Waals surface area (Å²) in [6.45, 7) is 3.63. The van der Waals surface area contributed by atoms with Gasteiger partial charge in [-0.15, -0.1) is 0 Å². The van der Waals surface area contributed by atoms with Gasteiger partial charge in [-0.05, 0) is 45.8 Å². The van der Waals surface area contributed by atoms with Crippen LogP contribution in [0.25, 0.3) is 0 Å². The van der Waals surface area contributed by atoms with Crippen molar-refractivity contribution in [2.24, 2.45) is 0 Å². The number of aliphatic carboxylic acids is 2. The number of carboxylic acids is 2. The fourth-order valence-corrected chi connectivity index (χ4v) is 3.67. The van der Waals surface area contributed by atoms with E-state index in [4.69, 9.17) is 24.5 Å². The highest BCUT2D eigenvalue weighted by Crippen LogP contribution is 2.26. The van der Waals surface area contributed by atoms with Gasteiger partial charge in [0.15, 0.2) is 0 Å². The minimum absolute atomic E-state index is 0.0120. The van der Waals surface area contributed by atoms with Gasteiger partial charge in [-0.2, -0.15) is 0 Å². The molecule has 0 aromatic heterocycles. The Balaban J connectivity index is 0.000000569. The number of carbonyl (C=O) groups excluding carboxylic acids is 1. The fraction of sp³-hybridized carbons (Fsp3) is 0.286. The Hall–Kier alpha value is -3.51. The van der Waals surface area contributed by atoms with Crippen LogP contribution >= 0.6 is 15.9 Å². The molecule has 2 aromatic rings. The van der Waals surface area contributed by atoms with Gasteiger partial charge >= 0.3 is 11.9 Å². The molecule has 2 aromatic carbocycles. The van der Waals surface area contributed by atoms with Gasteiger partial charge in [-0.3, -0.25) is 19.8 Å². The first-order valence-corrected chi connectivity index (χ1v) is 10.5. The summed E-state index contributed by atoms with van der Waals surface area (Å²) in [7, 11) is 1.64. The van der Waals surface area contributed by atoms with Gasteiger partial charge in [0.1, 0.15) is 5.75 Å². The van der Waals surface area contributed by atoms with E-state index in [-0.39, 0.29) is 11.6 Å². The minimum atomic E-state index is -1.82. The number of carboxylic acid groups (broad SMARTS) is 2. The number of benzene rings is 2. The van der Waals surface area contributed by atoms with Crippen molar-refractivity contribution >= 4 is 39.5 Å². The van der Waals surface area contributed by atoms with E-state index in [0.717, 1.165) is 29.9 Å². The smallest absolute Gasteiger partial charge is 0.414 e. The van der Waals surface area contributed by atoms with Crippen LogP contribution in [0, 0.1) is 10.1 Å². The lowest BCUT2D eigenvalue weighted by Crippen LogP contribution is -2.48.